The van der Waals surface area contributed by atoms with Gasteiger partial charge >= 0.3 is 0 Å². The zero-order valence-electron chi connectivity index (χ0n) is 23.4. The van der Waals surface area contributed by atoms with E-state index in [1.807, 2.05) is 37.4 Å². The van der Waals surface area contributed by atoms with Gasteiger partial charge in [-0.3, -0.25) is 4.79 Å². The molecule has 1 aliphatic carbocycles. The first-order valence-corrected chi connectivity index (χ1v) is 14.4. The summed E-state index contributed by atoms with van der Waals surface area (Å²) < 4.78 is 39.9. The second-order valence-corrected chi connectivity index (χ2v) is 11.5. The Balaban J connectivity index is 1.28. The number of halogens is 2. The van der Waals surface area contributed by atoms with Crippen molar-refractivity contribution in [2.24, 2.45) is 18.7 Å². The van der Waals surface area contributed by atoms with E-state index in [1.165, 1.54) is 0 Å². The van der Waals surface area contributed by atoms with Gasteiger partial charge in [0.2, 0.25) is 0 Å². The Bertz CT molecular complexity index is 1770. The predicted molar refractivity (Wildman–Crippen MR) is 156 cm³/mol. The molecule has 2 atom stereocenters. The Hall–Kier alpha value is -4.25. The number of aryl methyl sites for hydroxylation is 1. The monoisotopic (exact) mass is 573 g/mol. The van der Waals surface area contributed by atoms with Gasteiger partial charge in [0.25, 0.3) is 12.3 Å². The van der Waals surface area contributed by atoms with E-state index in [9.17, 15) is 9.18 Å². The molecule has 1 fully saturated rings. The maximum atomic E-state index is 15.1. The van der Waals surface area contributed by atoms with E-state index in [4.69, 9.17) is 15.5 Å². The van der Waals surface area contributed by atoms with E-state index in [-0.39, 0.29) is 19.0 Å². The summed E-state index contributed by atoms with van der Waals surface area (Å²) in [5.41, 5.74) is 10.7. The third-order valence-corrected chi connectivity index (χ3v) is 8.35. The van der Waals surface area contributed by atoms with Gasteiger partial charge in [0, 0.05) is 50.0 Å². The number of carbonyl (C=O) groups excluding carboxylic acids is 1. The zero-order valence-corrected chi connectivity index (χ0v) is 23.4. The number of amides is 1. The maximum Gasteiger partial charge on any atom is 0.256 e. The molecule has 4 heterocycles. The standard InChI is InChI=1S/C31H33F2N7O2/c1-37-25-11-20-7-9-39(16-22(34)14-32)31(41)23(20)13-24(25)36-30(37)26-12-21-3-2-4-27(29(21)40(26)15-19-5-6-19)42-28(33)17-38-10-8-35-18-38/h2-4,8,10-13,18-19,22,28H,5-7,9,14-17,34H2,1H3/t22-,28+/m1/s1. The van der Waals surface area contributed by atoms with Crippen LogP contribution in [-0.2, 0) is 26.6 Å². The molecule has 0 unspecified atom stereocenters. The van der Waals surface area contributed by atoms with Gasteiger partial charge in [-0.25, -0.2) is 14.4 Å². The molecule has 11 heteroatoms. The first-order chi connectivity index (χ1) is 20.4. The molecule has 7 rings (SSSR count). The van der Waals surface area contributed by atoms with Gasteiger partial charge in [-0.2, -0.15) is 4.39 Å². The molecule has 42 heavy (non-hydrogen) atoms. The van der Waals surface area contributed by atoms with Crippen molar-refractivity contribution >= 4 is 27.8 Å². The Morgan fingerprint density at radius 2 is 2.05 bits per heavy atom. The second kappa shape index (κ2) is 10.5. The van der Waals surface area contributed by atoms with Gasteiger partial charge in [0.15, 0.2) is 5.82 Å². The van der Waals surface area contributed by atoms with Crippen LogP contribution in [0.15, 0.2) is 55.1 Å². The molecule has 1 amide bonds. The minimum atomic E-state index is -1.55. The summed E-state index contributed by atoms with van der Waals surface area (Å²) in [7, 11) is 1.98. The van der Waals surface area contributed by atoms with Crippen LogP contribution in [0.3, 0.4) is 0 Å². The topological polar surface area (TPSA) is 96.1 Å². The van der Waals surface area contributed by atoms with Gasteiger partial charge in [-0.1, -0.05) is 12.1 Å². The molecule has 1 aliphatic heterocycles. The number of carbonyl (C=O) groups is 1. The highest BCUT2D eigenvalue weighted by molar-refractivity contribution is 6.01. The molecule has 3 aromatic heterocycles. The molecule has 0 bridgehead atoms. The normalized spacial score (nSPS) is 16.8. The lowest BCUT2D eigenvalue weighted by Crippen LogP contribution is -2.45. The number of ether oxygens (including phenoxy) is 1. The number of imidazole rings is 2. The van der Waals surface area contributed by atoms with Gasteiger partial charge in [-0.15, -0.1) is 0 Å². The lowest BCUT2D eigenvalue weighted by molar-refractivity contribution is 0.0523. The van der Waals surface area contributed by atoms with Crippen LogP contribution in [0.4, 0.5) is 8.78 Å². The quantitative estimate of drug-likeness (QED) is 0.266. The van der Waals surface area contributed by atoms with Crippen LogP contribution in [-0.4, -0.2) is 66.6 Å². The number of alkyl halides is 2. The third-order valence-electron chi connectivity index (χ3n) is 8.35. The van der Waals surface area contributed by atoms with E-state index in [0.29, 0.717) is 35.7 Å². The minimum Gasteiger partial charge on any atom is -0.456 e. The first kappa shape index (κ1) is 26.6. The van der Waals surface area contributed by atoms with Crippen LogP contribution < -0.4 is 10.5 Å². The molecule has 2 N–H and O–H groups in total. The number of aromatic nitrogens is 5. The number of nitrogens with two attached hydrogens (primary N) is 1. The average molecular weight is 574 g/mol. The van der Waals surface area contributed by atoms with Crippen molar-refractivity contribution < 1.29 is 18.3 Å². The molecule has 5 aromatic rings. The minimum absolute atomic E-state index is 0.0395. The van der Waals surface area contributed by atoms with E-state index < -0.39 is 19.1 Å². The molecule has 0 saturated heterocycles. The van der Waals surface area contributed by atoms with Crippen LogP contribution in [0, 0.1) is 5.92 Å². The van der Waals surface area contributed by atoms with Gasteiger partial charge in [0.1, 0.15) is 12.4 Å². The molecule has 2 aromatic carbocycles. The fourth-order valence-electron chi connectivity index (χ4n) is 6.00. The number of benzene rings is 2. The molecule has 2 aliphatic rings. The summed E-state index contributed by atoms with van der Waals surface area (Å²) in [5.74, 6) is 1.64. The zero-order chi connectivity index (χ0) is 29.0. The van der Waals surface area contributed by atoms with Crippen molar-refractivity contribution in [1.82, 2.24) is 28.6 Å². The summed E-state index contributed by atoms with van der Waals surface area (Å²) in [6.45, 7) is 0.841. The van der Waals surface area contributed by atoms with Gasteiger partial charge in [0.05, 0.1) is 41.2 Å². The SMILES string of the molecule is Cn1c(-c2cc3cccc(O[C@H](F)Cn4ccnc4)c3n2CC2CC2)nc2cc3c(cc21)CCN(C[C@H](N)CF)C3=O. The highest BCUT2D eigenvalue weighted by atomic mass is 19.1. The van der Waals surface area contributed by atoms with Gasteiger partial charge in [-0.05, 0) is 55.0 Å². The number of para-hydroxylation sites is 1. The first-order valence-electron chi connectivity index (χ1n) is 14.4. The van der Waals surface area contributed by atoms with Gasteiger partial charge < -0.3 is 29.1 Å². The number of rotatable bonds is 10. The molecule has 218 valence electrons. The number of hydrogen-bond acceptors (Lipinski definition) is 5. The summed E-state index contributed by atoms with van der Waals surface area (Å²) in [6, 6.07) is 11.0. The highest BCUT2D eigenvalue weighted by Crippen LogP contribution is 2.40. The largest absolute Gasteiger partial charge is 0.456 e. The molecule has 9 nitrogen and oxygen atoms in total. The number of fused-ring (bicyclic) bond motifs is 3. The van der Waals surface area contributed by atoms with Crippen molar-refractivity contribution in [1.29, 1.82) is 0 Å². The van der Waals surface area contributed by atoms with E-state index in [1.54, 1.807) is 28.2 Å². The fraction of sp³-hybridized carbons (Fsp3) is 0.387. The highest BCUT2D eigenvalue weighted by Gasteiger charge is 2.29. The van der Waals surface area contributed by atoms with Crippen molar-refractivity contribution in [3.63, 3.8) is 0 Å². The van der Waals surface area contributed by atoms with E-state index in [2.05, 4.69) is 20.2 Å². The lowest BCUT2D eigenvalue weighted by Gasteiger charge is -2.30. The summed E-state index contributed by atoms with van der Waals surface area (Å²) in [6.07, 6.45) is 6.31. The van der Waals surface area contributed by atoms with Crippen LogP contribution in [0.5, 0.6) is 5.75 Å². The van der Waals surface area contributed by atoms with Crippen LogP contribution in [0.1, 0.15) is 28.8 Å². The summed E-state index contributed by atoms with van der Waals surface area (Å²) in [5, 5.41) is 0.944. The Kier molecular flexibility index (Phi) is 6.69. The Labute approximate surface area is 241 Å². The second-order valence-electron chi connectivity index (χ2n) is 11.5. The Morgan fingerprint density at radius 1 is 1.19 bits per heavy atom. The van der Waals surface area contributed by atoms with Crippen molar-refractivity contribution in [2.45, 2.75) is 44.8 Å². The van der Waals surface area contributed by atoms with E-state index >= 15 is 4.39 Å². The smallest absolute Gasteiger partial charge is 0.256 e. The molecular weight excluding hydrogens is 540 g/mol. The summed E-state index contributed by atoms with van der Waals surface area (Å²) >= 11 is 0. The predicted octanol–water partition coefficient (Wildman–Crippen LogP) is 4.47. The van der Waals surface area contributed by atoms with E-state index in [0.717, 1.165) is 52.9 Å². The van der Waals surface area contributed by atoms with Crippen molar-refractivity contribution in [2.75, 3.05) is 19.8 Å². The van der Waals surface area contributed by atoms with Crippen LogP contribution in [0.2, 0.25) is 0 Å². The van der Waals surface area contributed by atoms with Crippen LogP contribution in [0.25, 0.3) is 33.5 Å². The number of nitrogens with zero attached hydrogens (tertiary/aromatic N) is 6. The average Bonchev–Trinajstić information content (AvgIpc) is 3.36. The number of hydrogen-bond donors (Lipinski definition) is 1. The summed E-state index contributed by atoms with van der Waals surface area (Å²) in [4.78, 5) is 23.9. The van der Waals surface area contributed by atoms with Crippen molar-refractivity contribution in [3.8, 4) is 17.3 Å². The third kappa shape index (κ3) is 4.81. The van der Waals surface area contributed by atoms with Crippen LogP contribution >= 0.6 is 0 Å². The maximum absolute atomic E-state index is 15.1. The molecule has 1 saturated carbocycles. The molecular formula is C31H33F2N7O2. The molecule has 0 spiro atoms. The Morgan fingerprint density at radius 3 is 2.81 bits per heavy atom. The van der Waals surface area contributed by atoms with Crippen molar-refractivity contribution in [3.05, 3.63) is 66.2 Å². The molecule has 0 radical (unpaired) electrons. The lowest BCUT2D eigenvalue weighted by atomic mass is 9.97. The fourth-order valence-corrected chi connectivity index (χ4v) is 6.00.